The third kappa shape index (κ3) is 4.71. The average Bonchev–Trinajstić information content (AvgIpc) is 2.25. The van der Waals surface area contributed by atoms with Gasteiger partial charge in [0.2, 0.25) is 0 Å². The monoisotopic (exact) mass is 255 g/mol. The molecule has 0 bridgehead atoms. The van der Waals surface area contributed by atoms with Gasteiger partial charge in [0.15, 0.2) is 0 Å². The number of carbonyl (C=O) groups is 1. The number of ether oxygens (including phenoxy) is 1. The van der Waals surface area contributed by atoms with Crippen molar-refractivity contribution in [3.8, 4) is 0 Å². The van der Waals surface area contributed by atoms with Gasteiger partial charge in [-0.15, -0.1) is 0 Å². The zero-order valence-electron chi connectivity index (χ0n) is 10.7. The summed E-state index contributed by atoms with van der Waals surface area (Å²) in [4.78, 5) is 11.5. The van der Waals surface area contributed by atoms with Crippen molar-refractivity contribution in [2.75, 3.05) is 6.61 Å². The van der Waals surface area contributed by atoms with Crippen molar-refractivity contribution >= 4 is 6.09 Å². The minimum Gasteiger partial charge on any atom is -0.444 e. The molecular formula is C13H18FNO3. The van der Waals surface area contributed by atoms with E-state index < -0.39 is 17.7 Å². The molecule has 100 valence electrons. The van der Waals surface area contributed by atoms with Crippen LogP contribution in [0.2, 0.25) is 0 Å². The Hall–Kier alpha value is -1.62. The smallest absolute Gasteiger partial charge is 0.408 e. The topological polar surface area (TPSA) is 58.6 Å². The number of carbonyl (C=O) groups excluding carboxylic acids is 1. The number of halogens is 1. The molecule has 18 heavy (non-hydrogen) atoms. The lowest BCUT2D eigenvalue weighted by Crippen LogP contribution is -2.36. The number of benzene rings is 1. The van der Waals surface area contributed by atoms with Gasteiger partial charge >= 0.3 is 6.09 Å². The molecule has 4 nitrogen and oxygen atoms in total. The summed E-state index contributed by atoms with van der Waals surface area (Å²) >= 11 is 0. The second-order valence-electron chi connectivity index (χ2n) is 4.93. The number of alkyl carbamates (subject to hydrolysis) is 1. The molecule has 2 N–H and O–H groups in total. The van der Waals surface area contributed by atoms with Crippen LogP contribution >= 0.6 is 0 Å². The van der Waals surface area contributed by atoms with Crippen LogP contribution in [0.4, 0.5) is 9.18 Å². The first-order valence-electron chi connectivity index (χ1n) is 5.67. The molecule has 1 atom stereocenters. The Balaban J connectivity index is 2.68. The molecule has 0 aliphatic heterocycles. The number of aliphatic hydroxyl groups is 1. The maximum atomic E-state index is 12.8. The van der Waals surface area contributed by atoms with E-state index in [-0.39, 0.29) is 12.4 Å². The molecule has 0 aromatic heterocycles. The summed E-state index contributed by atoms with van der Waals surface area (Å²) in [7, 11) is 0. The molecule has 1 aromatic rings. The Morgan fingerprint density at radius 2 is 1.94 bits per heavy atom. The second-order valence-corrected chi connectivity index (χ2v) is 4.93. The van der Waals surface area contributed by atoms with E-state index in [0.717, 1.165) is 0 Å². The molecule has 0 aliphatic rings. The SMILES string of the molecule is CC(C)(C)OC(=O)N[C@H](CO)c1ccc(F)cc1. The lowest BCUT2D eigenvalue weighted by atomic mass is 10.1. The first-order chi connectivity index (χ1) is 8.31. The lowest BCUT2D eigenvalue weighted by Gasteiger charge is -2.23. The predicted octanol–water partition coefficient (Wildman–Crippen LogP) is 2.38. The summed E-state index contributed by atoms with van der Waals surface area (Å²) in [5.41, 5.74) is 0.0112. The van der Waals surface area contributed by atoms with Crippen LogP contribution in [0.15, 0.2) is 24.3 Å². The Morgan fingerprint density at radius 1 is 1.39 bits per heavy atom. The van der Waals surface area contributed by atoms with Crippen molar-refractivity contribution in [1.82, 2.24) is 5.32 Å². The predicted molar refractivity (Wildman–Crippen MR) is 65.6 cm³/mol. The molecule has 1 aromatic carbocycles. The van der Waals surface area contributed by atoms with Crippen LogP contribution in [0.25, 0.3) is 0 Å². The highest BCUT2D eigenvalue weighted by atomic mass is 19.1. The molecule has 0 fully saturated rings. The van der Waals surface area contributed by atoms with E-state index in [1.165, 1.54) is 24.3 Å². The van der Waals surface area contributed by atoms with Crippen LogP contribution < -0.4 is 5.32 Å². The van der Waals surface area contributed by atoms with E-state index in [2.05, 4.69) is 5.32 Å². The fourth-order valence-electron chi connectivity index (χ4n) is 1.38. The van der Waals surface area contributed by atoms with Gasteiger partial charge in [0, 0.05) is 0 Å². The number of aliphatic hydroxyl groups excluding tert-OH is 1. The molecule has 0 spiro atoms. The van der Waals surface area contributed by atoms with Crippen molar-refractivity contribution in [1.29, 1.82) is 0 Å². The maximum Gasteiger partial charge on any atom is 0.408 e. The molecule has 1 amide bonds. The summed E-state index contributed by atoms with van der Waals surface area (Å²) in [6, 6.07) is 4.95. The van der Waals surface area contributed by atoms with Crippen LogP contribution in [0.3, 0.4) is 0 Å². The number of hydrogen-bond donors (Lipinski definition) is 2. The summed E-state index contributed by atoms with van der Waals surface area (Å²) in [6.07, 6.45) is -0.620. The van der Waals surface area contributed by atoms with Gasteiger partial charge in [0.05, 0.1) is 12.6 Å². The molecule has 0 unspecified atom stereocenters. The van der Waals surface area contributed by atoms with Crippen LogP contribution in [0, 0.1) is 5.82 Å². The van der Waals surface area contributed by atoms with Crippen LogP contribution in [0.5, 0.6) is 0 Å². The van der Waals surface area contributed by atoms with E-state index in [1.54, 1.807) is 20.8 Å². The number of hydrogen-bond acceptors (Lipinski definition) is 3. The molecule has 0 heterocycles. The van der Waals surface area contributed by atoms with Gasteiger partial charge in [0.25, 0.3) is 0 Å². The van der Waals surface area contributed by atoms with Crippen LogP contribution in [-0.2, 0) is 4.74 Å². The summed E-state index contributed by atoms with van der Waals surface area (Å²) in [5, 5.41) is 11.8. The van der Waals surface area contributed by atoms with E-state index in [1.807, 2.05) is 0 Å². The van der Waals surface area contributed by atoms with Crippen molar-refractivity contribution in [3.05, 3.63) is 35.6 Å². The number of amides is 1. The van der Waals surface area contributed by atoms with Gasteiger partial charge in [-0.3, -0.25) is 0 Å². The second kappa shape index (κ2) is 5.82. The van der Waals surface area contributed by atoms with Gasteiger partial charge in [-0.2, -0.15) is 0 Å². The highest BCUT2D eigenvalue weighted by Crippen LogP contribution is 2.14. The van der Waals surface area contributed by atoms with E-state index >= 15 is 0 Å². The van der Waals surface area contributed by atoms with Gasteiger partial charge in [0.1, 0.15) is 11.4 Å². The van der Waals surface area contributed by atoms with Crippen molar-refractivity contribution in [2.24, 2.45) is 0 Å². The fraction of sp³-hybridized carbons (Fsp3) is 0.462. The largest absolute Gasteiger partial charge is 0.444 e. The molecule has 5 heteroatoms. The third-order valence-electron chi connectivity index (χ3n) is 2.15. The third-order valence-corrected chi connectivity index (χ3v) is 2.15. The van der Waals surface area contributed by atoms with Crippen molar-refractivity contribution in [2.45, 2.75) is 32.4 Å². The van der Waals surface area contributed by atoms with E-state index in [4.69, 9.17) is 4.74 Å². The quantitative estimate of drug-likeness (QED) is 0.871. The normalized spacial score (nSPS) is 12.9. The van der Waals surface area contributed by atoms with Gasteiger partial charge < -0.3 is 15.2 Å². The van der Waals surface area contributed by atoms with Crippen molar-refractivity contribution in [3.63, 3.8) is 0 Å². The molecule has 1 rings (SSSR count). The van der Waals surface area contributed by atoms with Crippen LogP contribution in [-0.4, -0.2) is 23.4 Å². The summed E-state index contributed by atoms with van der Waals surface area (Å²) in [6.45, 7) is 4.96. The summed E-state index contributed by atoms with van der Waals surface area (Å²) in [5.74, 6) is -0.368. The van der Waals surface area contributed by atoms with Gasteiger partial charge in [-0.05, 0) is 38.5 Å². The Labute approximate surface area is 106 Å². The van der Waals surface area contributed by atoms with Crippen LogP contribution in [0.1, 0.15) is 32.4 Å². The average molecular weight is 255 g/mol. The highest BCUT2D eigenvalue weighted by Gasteiger charge is 2.20. The van der Waals surface area contributed by atoms with Gasteiger partial charge in [-0.25, -0.2) is 9.18 Å². The first-order valence-corrected chi connectivity index (χ1v) is 5.67. The molecule has 0 saturated carbocycles. The molecule has 0 aliphatic carbocycles. The Bertz CT molecular complexity index is 398. The highest BCUT2D eigenvalue weighted by molar-refractivity contribution is 5.68. The molecular weight excluding hydrogens is 237 g/mol. The molecule has 0 saturated heterocycles. The van der Waals surface area contributed by atoms with Crippen molar-refractivity contribution < 1.29 is 19.0 Å². The fourth-order valence-corrected chi connectivity index (χ4v) is 1.38. The zero-order valence-corrected chi connectivity index (χ0v) is 10.7. The standard InChI is InChI=1S/C13H18FNO3/c1-13(2,3)18-12(17)15-11(8-16)9-4-6-10(14)7-5-9/h4-7,11,16H,8H2,1-3H3,(H,15,17)/t11-/m1/s1. The molecule has 0 radical (unpaired) electrons. The Kier molecular flexibility index (Phi) is 4.67. The van der Waals surface area contributed by atoms with Gasteiger partial charge in [-0.1, -0.05) is 12.1 Å². The zero-order chi connectivity index (χ0) is 13.8. The summed E-state index contributed by atoms with van der Waals surface area (Å²) < 4.78 is 17.8. The van der Waals surface area contributed by atoms with E-state index in [0.29, 0.717) is 5.56 Å². The number of nitrogens with one attached hydrogen (secondary N) is 1. The number of rotatable bonds is 3. The minimum atomic E-state index is -0.620. The minimum absolute atomic E-state index is 0.287. The maximum absolute atomic E-state index is 12.8. The Morgan fingerprint density at radius 3 is 2.39 bits per heavy atom. The van der Waals surface area contributed by atoms with E-state index in [9.17, 15) is 14.3 Å². The lowest BCUT2D eigenvalue weighted by molar-refractivity contribution is 0.0482. The first kappa shape index (κ1) is 14.4.